The lowest BCUT2D eigenvalue weighted by Crippen LogP contribution is -2.40. The van der Waals surface area contributed by atoms with Gasteiger partial charge in [0.15, 0.2) is 5.96 Å². The molecule has 0 radical (unpaired) electrons. The van der Waals surface area contributed by atoms with Gasteiger partial charge in [-0.1, -0.05) is 19.1 Å². The zero-order valence-electron chi connectivity index (χ0n) is 18.6. The summed E-state index contributed by atoms with van der Waals surface area (Å²) < 4.78 is 13.2. The Kier molecular flexibility index (Phi) is 13.2. The van der Waals surface area contributed by atoms with Crippen LogP contribution in [0.3, 0.4) is 0 Å². The third-order valence-electron chi connectivity index (χ3n) is 4.34. The number of ether oxygens (including phenoxy) is 2. The number of rotatable bonds is 12. The number of hydrogen-bond donors (Lipinski definition) is 2. The summed E-state index contributed by atoms with van der Waals surface area (Å²) in [5.74, 6) is 2.10. The summed E-state index contributed by atoms with van der Waals surface area (Å²) in [6.07, 6.45) is 3.79. The summed E-state index contributed by atoms with van der Waals surface area (Å²) in [6.45, 7) is 13.2. The predicted octanol–water partition coefficient (Wildman–Crippen LogP) is 3.62. The van der Waals surface area contributed by atoms with Crippen molar-refractivity contribution < 1.29 is 9.47 Å². The molecule has 2 N–H and O–H groups in total. The lowest BCUT2D eigenvalue weighted by molar-refractivity contribution is 0.110. The molecule has 1 aromatic carbocycles. The second kappa shape index (κ2) is 15.1. The van der Waals surface area contributed by atoms with Gasteiger partial charge >= 0.3 is 0 Å². The number of hydrogen-bond acceptors (Lipinski definition) is 4. The lowest BCUT2D eigenvalue weighted by atomic mass is 10.1. The van der Waals surface area contributed by atoms with Crippen molar-refractivity contribution in [1.29, 1.82) is 0 Å². The molecule has 0 bridgehead atoms. The molecule has 0 aliphatic rings. The van der Waals surface area contributed by atoms with Crippen molar-refractivity contribution in [3.05, 3.63) is 47.8 Å². The molecule has 0 saturated carbocycles. The minimum absolute atomic E-state index is 0. The Hall–Kier alpha value is -1.81. The molecule has 0 saturated heterocycles. The van der Waals surface area contributed by atoms with Crippen molar-refractivity contribution in [3.63, 3.8) is 0 Å². The fraction of sp³-hybridized carbons (Fsp3) is 0.545. The van der Waals surface area contributed by atoms with E-state index < -0.39 is 0 Å². The zero-order valence-corrected chi connectivity index (χ0v) is 20.9. The smallest absolute Gasteiger partial charge is 0.191 e. The minimum Gasteiger partial charge on any atom is -0.491 e. The van der Waals surface area contributed by atoms with Gasteiger partial charge in [0, 0.05) is 44.2 Å². The third-order valence-corrected chi connectivity index (χ3v) is 4.34. The van der Waals surface area contributed by atoms with E-state index in [2.05, 4.69) is 54.7 Å². The van der Waals surface area contributed by atoms with Crippen LogP contribution >= 0.6 is 24.0 Å². The molecule has 0 aliphatic heterocycles. The summed E-state index contributed by atoms with van der Waals surface area (Å²) in [6, 6.07) is 8.18. The van der Waals surface area contributed by atoms with E-state index >= 15 is 0 Å². The van der Waals surface area contributed by atoms with Gasteiger partial charge in [-0.2, -0.15) is 5.10 Å². The maximum atomic E-state index is 5.92. The quantitative estimate of drug-likeness (QED) is 0.190. The summed E-state index contributed by atoms with van der Waals surface area (Å²) in [7, 11) is 0. The summed E-state index contributed by atoms with van der Waals surface area (Å²) in [5, 5.41) is 11.0. The number of nitrogens with zero attached hydrogens (tertiary/aromatic N) is 3. The standard InChI is InChI=1S/C22H35N5O2.HI/c1-5-23-22(24-15-19(4)17-27-11-7-10-26-27)25-16-20-9-8-18(3)14-21(20)29-13-12-28-6-2;/h7-11,14,19H,5-6,12-13,15-17H2,1-4H3,(H2,23,24,25);1H. The molecule has 0 spiro atoms. The maximum Gasteiger partial charge on any atom is 0.191 e. The highest BCUT2D eigenvalue weighted by Gasteiger charge is 2.07. The molecule has 1 heterocycles. The monoisotopic (exact) mass is 529 g/mol. The first-order chi connectivity index (χ1) is 14.1. The van der Waals surface area contributed by atoms with Gasteiger partial charge in [0.05, 0.1) is 13.2 Å². The number of aromatic nitrogens is 2. The largest absolute Gasteiger partial charge is 0.491 e. The van der Waals surface area contributed by atoms with Gasteiger partial charge in [-0.25, -0.2) is 4.99 Å². The van der Waals surface area contributed by atoms with E-state index in [0.29, 0.717) is 32.3 Å². The van der Waals surface area contributed by atoms with Crippen LogP contribution in [0, 0.1) is 12.8 Å². The fourth-order valence-electron chi connectivity index (χ4n) is 2.85. The third kappa shape index (κ3) is 9.80. The molecule has 30 heavy (non-hydrogen) atoms. The average molecular weight is 529 g/mol. The molecule has 1 aromatic heterocycles. The SMILES string of the molecule is CCNC(=NCc1ccc(C)cc1OCCOCC)NCC(C)Cn1cccn1.I. The van der Waals surface area contributed by atoms with Crippen LogP contribution in [0.2, 0.25) is 0 Å². The normalized spacial score (nSPS) is 12.2. The molecule has 168 valence electrons. The van der Waals surface area contributed by atoms with Gasteiger partial charge in [-0.15, -0.1) is 24.0 Å². The average Bonchev–Trinajstić information content (AvgIpc) is 3.21. The fourth-order valence-corrected chi connectivity index (χ4v) is 2.85. The zero-order chi connectivity index (χ0) is 20.9. The minimum atomic E-state index is 0. The first-order valence-electron chi connectivity index (χ1n) is 10.4. The first kappa shape index (κ1) is 26.2. The second-order valence-corrected chi connectivity index (χ2v) is 7.07. The Bertz CT molecular complexity index is 737. The van der Waals surface area contributed by atoms with E-state index in [1.807, 2.05) is 23.9 Å². The number of benzene rings is 1. The van der Waals surface area contributed by atoms with E-state index in [0.717, 1.165) is 36.9 Å². The highest BCUT2D eigenvalue weighted by molar-refractivity contribution is 14.0. The van der Waals surface area contributed by atoms with E-state index in [1.165, 1.54) is 5.56 Å². The van der Waals surface area contributed by atoms with Gasteiger partial charge in [-0.3, -0.25) is 4.68 Å². The summed E-state index contributed by atoms with van der Waals surface area (Å²) >= 11 is 0. The van der Waals surface area contributed by atoms with Gasteiger partial charge in [0.25, 0.3) is 0 Å². The Labute approximate surface area is 197 Å². The molecule has 2 aromatic rings. The van der Waals surface area contributed by atoms with Crippen LogP contribution in [-0.2, 0) is 17.8 Å². The number of nitrogens with one attached hydrogen (secondary N) is 2. The molecule has 0 amide bonds. The van der Waals surface area contributed by atoms with E-state index in [-0.39, 0.29) is 24.0 Å². The van der Waals surface area contributed by atoms with Crippen LogP contribution in [0.4, 0.5) is 0 Å². The van der Waals surface area contributed by atoms with Crippen LogP contribution in [0.5, 0.6) is 5.75 Å². The number of guanidine groups is 1. The second-order valence-electron chi connectivity index (χ2n) is 7.07. The first-order valence-corrected chi connectivity index (χ1v) is 10.4. The Morgan fingerprint density at radius 2 is 2.07 bits per heavy atom. The van der Waals surface area contributed by atoms with Crippen LogP contribution in [-0.4, -0.2) is 48.7 Å². The van der Waals surface area contributed by atoms with Crippen molar-refractivity contribution in [2.45, 2.75) is 40.8 Å². The molecule has 7 nitrogen and oxygen atoms in total. The van der Waals surface area contributed by atoms with Gasteiger partial charge < -0.3 is 20.1 Å². The van der Waals surface area contributed by atoms with E-state index in [1.54, 1.807) is 6.20 Å². The molecule has 8 heteroatoms. The topological polar surface area (TPSA) is 72.7 Å². The number of aliphatic imine (C=N–C) groups is 1. The van der Waals surface area contributed by atoms with E-state index in [4.69, 9.17) is 14.5 Å². The van der Waals surface area contributed by atoms with Crippen LogP contribution in [0.25, 0.3) is 0 Å². The molecular formula is C22H36IN5O2. The molecule has 0 fully saturated rings. The van der Waals surface area contributed by atoms with Crippen molar-refractivity contribution in [1.82, 2.24) is 20.4 Å². The Morgan fingerprint density at radius 3 is 2.77 bits per heavy atom. The van der Waals surface area contributed by atoms with Crippen LogP contribution in [0.1, 0.15) is 31.9 Å². The van der Waals surface area contributed by atoms with Crippen molar-refractivity contribution in [3.8, 4) is 5.75 Å². The Morgan fingerprint density at radius 1 is 1.23 bits per heavy atom. The van der Waals surface area contributed by atoms with E-state index in [9.17, 15) is 0 Å². The van der Waals surface area contributed by atoms with Gasteiger partial charge in [-0.05, 0) is 44.4 Å². The number of aryl methyl sites for hydroxylation is 1. The summed E-state index contributed by atoms with van der Waals surface area (Å²) in [5.41, 5.74) is 2.23. The molecule has 1 unspecified atom stereocenters. The molecular weight excluding hydrogens is 493 g/mol. The van der Waals surface area contributed by atoms with Crippen molar-refractivity contribution >= 4 is 29.9 Å². The number of halogens is 1. The van der Waals surface area contributed by atoms with Crippen LogP contribution < -0.4 is 15.4 Å². The maximum absolute atomic E-state index is 5.92. The van der Waals surface area contributed by atoms with Crippen molar-refractivity contribution in [2.75, 3.05) is 32.9 Å². The molecule has 2 rings (SSSR count). The molecule has 1 atom stereocenters. The summed E-state index contributed by atoms with van der Waals surface area (Å²) in [4.78, 5) is 4.75. The lowest BCUT2D eigenvalue weighted by Gasteiger charge is -2.16. The molecule has 0 aliphatic carbocycles. The van der Waals surface area contributed by atoms with Crippen molar-refractivity contribution in [2.24, 2.45) is 10.9 Å². The highest BCUT2D eigenvalue weighted by atomic mass is 127. The van der Waals surface area contributed by atoms with Crippen LogP contribution in [0.15, 0.2) is 41.7 Å². The Balaban J connectivity index is 0.00000450. The van der Waals surface area contributed by atoms with Gasteiger partial charge in [0.1, 0.15) is 12.4 Å². The highest BCUT2D eigenvalue weighted by Crippen LogP contribution is 2.21. The predicted molar refractivity (Wildman–Crippen MR) is 133 cm³/mol. The van der Waals surface area contributed by atoms with Gasteiger partial charge in [0.2, 0.25) is 0 Å².